The molecule has 0 radical (unpaired) electrons. The summed E-state index contributed by atoms with van der Waals surface area (Å²) in [6.07, 6.45) is 7.79. The quantitative estimate of drug-likeness (QED) is 0.698. The van der Waals surface area contributed by atoms with Crippen molar-refractivity contribution in [3.05, 3.63) is 34.9 Å². The first-order valence-electron chi connectivity index (χ1n) is 8.02. The maximum Gasteiger partial charge on any atom is 0.0406 e. The van der Waals surface area contributed by atoms with E-state index >= 15 is 0 Å². The summed E-state index contributed by atoms with van der Waals surface area (Å²) in [6.45, 7) is 7.07. The minimum Gasteiger partial charge on any atom is -0.307 e. The average Bonchev–Trinajstić information content (AvgIpc) is 2.58. The normalized spacial score (nSPS) is 24.1. The number of rotatable bonds is 4. The van der Waals surface area contributed by atoms with Gasteiger partial charge in [0.15, 0.2) is 0 Å². The molecular formula is C18H28ClN. The zero-order valence-corrected chi connectivity index (χ0v) is 13.8. The second kappa shape index (κ2) is 6.95. The molecule has 0 aliphatic heterocycles. The van der Waals surface area contributed by atoms with Crippen LogP contribution >= 0.6 is 11.6 Å². The Morgan fingerprint density at radius 2 is 1.90 bits per heavy atom. The molecule has 112 valence electrons. The summed E-state index contributed by atoms with van der Waals surface area (Å²) >= 11 is 5.98. The van der Waals surface area contributed by atoms with Gasteiger partial charge in [-0.25, -0.2) is 0 Å². The summed E-state index contributed by atoms with van der Waals surface area (Å²) in [5.41, 5.74) is 1.89. The van der Waals surface area contributed by atoms with E-state index in [2.05, 4.69) is 38.2 Å². The van der Waals surface area contributed by atoms with Gasteiger partial charge in [-0.15, -0.1) is 0 Å². The third-order valence-electron chi connectivity index (χ3n) is 4.69. The molecule has 0 saturated heterocycles. The van der Waals surface area contributed by atoms with Gasteiger partial charge in [-0.3, -0.25) is 0 Å². The van der Waals surface area contributed by atoms with E-state index in [4.69, 9.17) is 11.6 Å². The number of hydrogen-bond acceptors (Lipinski definition) is 1. The highest BCUT2D eigenvalue weighted by molar-refractivity contribution is 6.30. The van der Waals surface area contributed by atoms with Crippen molar-refractivity contribution in [3.63, 3.8) is 0 Å². The van der Waals surface area contributed by atoms with Crippen LogP contribution in [-0.2, 0) is 0 Å². The lowest BCUT2D eigenvalue weighted by molar-refractivity contribution is 0.306. The lowest BCUT2D eigenvalue weighted by Crippen LogP contribution is -2.32. The van der Waals surface area contributed by atoms with Crippen molar-refractivity contribution in [2.24, 2.45) is 5.41 Å². The van der Waals surface area contributed by atoms with Gasteiger partial charge in [0.1, 0.15) is 0 Å². The van der Waals surface area contributed by atoms with Crippen LogP contribution in [-0.4, -0.2) is 6.04 Å². The van der Waals surface area contributed by atoms with Crippen molar-refractivity contribution in [3.8, 4) is 0 Å². The van der Waals surface area contributed by atoms with Crippen LogP contribution in [0.3, 0.4) is 0 Å². The Kier molecular flexibility index (Phi) is 5.51. The molecular weight excluding hydrogens is 266 g/mol. The predicted molar refractivity (Wildman–Crippen MR) is 88.3 cm³/mol. The Labute approximate surface area is 129 Å². The number of halogens is 1. The maximum atomic E-state index is 5.98. The summed E-state index contributed by atoms with van der Waals surface area (Å²) in [7, 11) is 0. The molecule has 1 aliphatic rings. The van der Waals surface area contributed by atoms with Gasteiger partial charge in [0.25, 0.3) is 0 Å². The second-order valence-electron chi connectivity index (χ2n) is 6.97. The second-order valence-corrected chi connectivity index (χ2v) is 7.41. The molecule has 1 aromatic rings. The van der Waals surface area contributed by atoms with E-state index in [9.17, 15) is 0 Å². The van der Waals surface area contributed by atoms with E-state index < -0.39 is 0 Å². The lowest BCUT2D eigenvalue weighted by atomic mass is 9.85. The van der Waals surface area contributed by atoms with E-state index in [1.165, 1.54) is 37.7 Å². The van der Waals surface area contributed by atoms with Gasteiger partial charge in [-0.05, 0) is 55.2 Å². The van der Waals surface area contributed by atoms with Crippen LogP contribution in [0.4, 0.5) is 0 Å². The van der Waals surface area contributed by atoms with E-state index in [0.29, 0.717) is 17.5 Å². The van der Waals surface area contributed by atoms with Crippen LogP contribution in [0.2, 0.25) is 5.02 Å². The Morgan fingerprint density at radius 3 is 2.55 bits per heavy atom. The molecule has 1 nitrogen and oxygen atoms in total. The third kappa shape index (κ3) is 4.49. The first-order chi connectivity index (χ1) is 9.50. The smallest absolute Gasteiger partial charge is 0.0406 e. The molecule has 0 heterocycles. The molecule has 1 aliphatic carbocycles. The Hall–Kier alpha value is -0.530. The van der Waals surface area contributed by atoms with Gasteiger partial charge < -0.3 is 5.32 Å². The standard InChI is InChI=1S/C18H28ClN/c1-4-17(14-7-9-15(19)10-8-14)20-16-6-5-12-18(2,3)13-11-16/h7-10,16-17,20H,4-6,11-13H2,1-3H3. The zero-order valence-electron chi connectivity index (χ0n) is 13.1. The summed E-state index contributed by atoms with van der Waals surface area (Å²) in [4.78, 5) is 0. The van der Waals surface area contributed by atoms with Gasteiger partial charge in [0.2, 0.25) is 0 Å². The SMILES string of the molecule is CCC(NC1CCCC(C)(C)CC1)c1ccc(Cl)cc1. The minimum absolute atomic E-state index is 0.457. The molecule has 2 rings (SSSR count). The first kappa shape index (κ1) is 15.9. The van der Waals surface area contributed by atoms with Crippen LogP contribution in [0.15, 0.2) is 24.3 Å². The summed E-state index contributed by atoms with van der Waals surface area (Å²) in [6, 6.07) is 9.43. The number of nitrogens with one attached hydrogen (secondary N) is 1. The van der Waals surface area contributed by atoms with Crippen molar-refractivity contribution in [2.45, 2.75) is 71.4 Å². The predicted octanol–water partition coefficient (Wildman–Crippen LogP) is 5.74. The van der Waals surface area contributed by atoms with Crippen LogP contribution in [0.5, 0.6) is 0 Å². The molecule has 1 aromatic carbocycles. The highest BCUT2D eigenvalue weighted by atomic mass is 35.5. The zero-order chi connectivity index (χ0) is 14.6. The maximum absolute atomic E-state index is 5.98. The van der Waals surface area contributed by atoms with Crippen molar-refractivity contribution < 1.29 is 0 Å². The van der Waals surface area contributed by atoms with Crippen molar-refractivity contribution in [1.29, 1.82) is 0 Å². The van der Waals surface area contributed by atoms with E-state index in [1.807, 2.05) is 12.1 Å². The number of benzene rings is 1. The van der Waals surface area contributed by atoms with E-state index in [0.717, 1.165) is 11.4 Å². The van der Waals surface area contributed by atoms with Crippen molar-refractivity contribution in [1.82, 2.24) is 5.32 Å². The van der Waals surface area contributed by atoms with E-state index in [-0.39, 0.29) is 0 Å². The largest absolute Gasteiger partial charge is 0.307 e. The monoisotopic (exact) mass is 293 g/mol. The fraction of sp³-hybridized carbons (Fsp3) is 0.667. The highest BCUT2D eigenvalue weighted by Gasteiger charge is 2.25. The molecule has 1 fully saturated rings. The van der Waals surface area contributed by atoms with Crippen LogP contribution in [0.25, 0.3) is 0 Å². The molecule has 1 N–H and O–H groups in total. The van der Waals surface area contributed by atoms with Crippen LogP contribution in [0, 0.1) is 5.41 Å². The van der Waals surface area contributed by atoms with Gasteiger partial charge in [0, 0.05) is 17.1 Å². The van der Waals surface area contributed by atoms with Crippen molar-refractivity contribution in [2.75, 3.05) is 0 Å². The molecule has 0 bridgehead atoms. The fourth-order valence-corrected chi connectivity index (χ4v) is 3.38. The van der Waals surface area contributed by atoms with Crippen LogP contribution < -0.4 is 5.32 Å². The van der Waals surface area contributed by atoms with Gasteiger partial charge >= 0.3 is 0 Å². The topological polar surface area (TPSA) is 12.0 Å². The summed E-state index contributed by atoms with van der Waals surface area (Å²) in [5, 5.41) is 4.70. The first-order valence-corrected chi connectivity index (χ1v) is 8.39. The average molecular weight is 294 g/mol. The number of hydrogen-bond donors (Lipinski definition) is 1. The Balaban J connectivity index is 1.97. The molecule has 2 unspecified atom stereocenters. The molecule has 2 atom stereocenters. The Bertz CT molecular complexity index is 410. The molecule has 2 heteroatoms. The Morgan fingerprint density at radius 1 is 1.20 bits per heavy atom. The van der Waals surface area contributed by atoms with Crippen LogP contribution in [0.1, 0.15) is 70.9 Å². The minimum atomic E-state index is 0.457. The molecule has 20 heavy (non-hydrogen) atoms. The molecule has 1 saturated carbocycles. The van der Waals surface area contributed by atoms with Gasteiger partial charge in [-0.2, -0.15) is 0 Å². The molecule has 0 aromatic heterocycles. The highest BCUT2D eigenvalue weighted by Crippen LogP contribution is 2.34. The summed E-state index contributed by atoms with van der Waals surface area (Å²) < 4.78 is 0. The summed E-state index contributed by atoms with van der Waals surface area (Å²) in [5.74, 6) is 0. The van der Waals surface area contributed by atoms with Crippen molar-refractivity contribution >= 4 is 11.6 Å². The third-order valence-corrected chi connectivity index (χ3v) is 4.95. The molecule has 0 amide bonds. The van der Waals surface area contributed by atoms with Gasteiger partial charge in [0.05, 0.1) is 0 Å². The lowest BCUT2D eigenvalue weighted by Gasteiger charge is -2.25. The molecule has 0 spiro atoms. The van der Waals surface area contributed by atoms with Gasteiger partial charge in [-0.1, -0.05) is 50.9 Å². The van der Waals surface area contributed by atoms with E-state index in [1.54, 1.807) is 0 Å². The fourth-order valence-electron chi connectivity index (χ4n) is 3.26.